The van der Waals surface area contributed by atoms with Crippen LogP contribution in [0.15, 0.2) is 23.0 Å². The molecule has 6 nitrogen and oxygen atoms in total. The Hall–Kier alpha value is -2.37. The first-order valence-electron chi connectivity index (χ1n) is 6.80. The lowest BCUT2D eigenvalue weighted by molar-refractivity contribution is 0.0964. The van der Waals surface area contributed by atoms with E-state index in [0.29, 0.717) is 11.4 Å². The van der Waals surface area contributed by atoms with E-state index in [2.05, 4.69) is 9.67 Å². The third-order valence-corrected chi connectivity index (χ3v) is 3.53. The summed E-state index contributed by atoms with van der Waals surface area (Å²) in [5.41, 5.74) is 2.25. The molecule has 0 aliphatic carbocycles. The number of hydrogen-bond donors (Lipinski definition) is 0. The molecule has 0 bridgehead atoms. The van der Waals surface area contributed by atoms with Crippen molar-refractivity contribution >= 4 is 5.78 Å². The van der Waals surface area contributed by atoms with Gasteiger partial charge >= 0.3 is 0 Å². The third-order valence-electron chi connectivity index (χ3n) is 3.53. The maximum Gasteiger partial charge on any atom is 0.267 e. The first kappa shape index (κ1) is 15.0. The molecule has 2 aromatic heterocycles. The number of aryl methyl sites for hydroxylation is 1. The van der Waals surface area contributed by atoms with Gasteiger partial charge in [-0.1, -0.05) is 0 Å². The predicted molar refractivity (Wildman–Crippen MR) is 79.0 cm³/mol. The van der Waals surface area contributed by atoms with Gasteiger partial charge in [-0.3, -0.25) is 9.59 Å². The lowest BCUT2D eigenvalue weighted by Gasteiger charge is -2.07. The van der Waals surface area contributed by atoms with Crippen molar-refractivity contribution in [2.24, 2.45) is 0 Å². The molecule has 0 N–H and O–H groups in total. The van der Waals surface area contributed by atoms with E-state index in [0.717, 1.165) is 22.6 Å². The number of hydrogen-bond acceptors (Lipinski definition) is 4. The van der Waals surface area contributed by atoms with Crippen molar-refractivity contribution in [3.8, 4) is 5.88 Å². The van der Waals surface area contributed by atoms with Gasteiger partial charge in [0, 0.05) is 35.6 Å². The van der Waals surface area contributed by atoms with Crippen LogP contribution in [0.1, 0.15) is 28.7 Å². The summed E-state index contributed by atoms with van der Waals surface area (Å²) in [7, 11) is 1.47. The number of carbonyl (C=O) groups is 1. The summed E-state index contributed by atoms with van der Waals surface area (Å²) >= 11 is 0. The Morgan fingerprint density at radius 1 is 1.33 bits per heavy atom. The van der Waals surface area contributed by atoms with Gasteiger partial charge in [0.2, 0.25) is 5.88 Å². The number of nitrogens with zero attached hydrogens (tertiary/aromatic N) is 3. The van der Waals surface area contributed by atoms with Gasteiger partial charge in [-0.05, 0) is 26.8 Å². The van der Waals surface area contributed by atoms with Crippen LogP contribution in [-0.4, -0.2) is 27.2 Å². The fraction of sp³-hybridized carbons (Fsp3) is 0.400. The second kappa shape index (κ2) is 5.95. The van der Waals surface area contributed by atoms with E-state index in [-0.39, 0.29) is 17.9 Å². The molecule has 0 saturated carbocycles. The fourth-order valence-corrected chi connectivity index (χ4v) is 2.44. The van der Waals surface area contributed by atoms with Crippen molar-refractivity contribution in [3.63, 3.8) is 0 Å². The molecule has 0 saturated heterocycles. The zero-order chi connectivity index (χ0) is 15.6. The molecule has 112 valence electrons. The smallest absolute Gasteiger partial charge is 0.267 e. The van der Waals surface area contributed by atoms with E-state index < -0.39 is 0 Å². The Kier molecular flexibility index (Phi) is 4.26. The minimum atomic E-state index is -0.326. The van der Waals surface area contributed by atoms with E-state index in [4.69, 9.17) is 4.74 Å². The van der Waals surface area contributed by atoms with Crippen LogP contribution in [0.5, 0.6) is 5.88 Å². The molecule has 0 aromatic carbocycles. The molecule has 0 spiro atoms. The normalized spacial score (nSPS) is 10.7. The van der Waals surface area contributed by atoms with Gasteiger partial charge in [0.15, 0.2) is 5.78 Å². The Bertz CT molecular complexity index is 728. The molecule has 2 rings (SSSR count). The quantitative estimate of drug-likeness (QED) is 0.784. The molecule has 2 aromatic rings. The molecule has 2 heterocycles. The average Bonchev–Trinajstić information content (AvgIpc) is 2.75. The zero-order valence-electron chi connectivity index (χ0n) is 12.7. The Balaban J connectivity index is 2.32. The highest BCUT2D eigenvalue weighted by Gasteiger charge is 2.16. The van der Waals surface area contributed by atoms with Crippen molar-refractivity contribution in [1.82, 2.24) is 14.3 Å². The SMILES string of the molecule is CCn1c(C)cc(C(=O)Cn2nc(OC)ccc2=O)c1C. The standard InChI is InChI=1S/C15H19N3O3/c1-5-17-10(2)8-12(11(17)3)13(19)9-18-15(20)7-6-14(16-18)21-4/h6-8H,5,9H2,1-4H3. The lowest BCUT2D eigenvalue weighted by atomic mass is 10.1. The monoisotopic (exact) mass is 289 g/mol. The number of rotatable bonds is 5. The maximum atomic E-state index is 12.4. The van der Waals surface area contributed by atoms with E-state index in [1.54, 1.807) is 0 Å². The van der Waals surface area contributed by atoms with Crippen molar-refractivity contribution < 1.29 is 9.53 Å². The predicted octanol–water partition coefficient (Wildman–Crippen LogP) is 1.57. The number of carbonyl (C=O) groups excluding carboxylic acids is 1. The van der Waals surface area contributed by atoms with Crippen molar-refractivity contribution in [2.75, 3.05) is 7.11 Å². The van der Waals surface area contributed by atoms with E-state index in [9.17, 15) is 9.59 Å². The number of Topliss-reactive ketones (excluding diaryl/α,β-unsaturated/α-hetero) is 1. The van der Waals surface area contributed by atoms with Gasteiger partial charge in [-0.25, -0.2) is 4.68 Å². The Labute approximate surface area is 123 Å². The van der Waals surface area contributed by atoms with E-state index in [1.807, 2.05) is 26.8 Å². The summed E-state index contributed by atoms with van der Waals surface area (Å²) in [5.74, 6) is 0.173. The van der Waals surface area contributed by atoms with Crippen LogP contribution in [0.3, 0.4) is 0 Å². The van der Waals surface area contributed by atoms with Crippen molar-refractivity contribution in [1.29, 1.82) is 0 Å². The molecule has 0 atom stereocenters. The van der Waals surface area contributed by atoms with Crippen LogP contribution < -0.4 is 10.3 Å². The van der Waals surface area contributed by atoms with Crippen LogP contribution in [-0.2, 0) is 13.1 Å². The highest BCUT2D eigenvalue weighted by molar-refractivity contribution is 5.97. The molecule has 0 aliphatic heterocycles. The molecule has 0 unspecified atom stereocenters. The number of ether oxygens (including phenoxy) is 1. The van der Waals surface area contributed by atoms with Crippen LogP contribution >= 0.6 is 0 Å². The minimum Gasteiger partial charge on any atom is -0.480 e. The molecular formula is C15H19N3O3. The number of aromatic nitrogens is 3. The summed E-state index contributed by atoms with van der Waals surface area (Å²) in [6.07, 6.45) is 0. The molecule has 6 heteroatoms. The topological polar surface area (TPSA) is 66.1 Å². The molecule has 0 radical (unpaired) electrons. The Morgan fingerprint density at radius 3 is 2.62 bits per heavy atom. The van der Waals surface area contributed by atoms with Gasteiger partial charge < -0.3 is 9.30 Å². The first-order valence-corrected chi connectivity index (χ1v) is 6.80. The molecule has 0 amide bonds. The van der Waals surface area contributed by atoms with Crippen molar-refractivity contribution in [3.05, 3.63) is 45.5 Å². The highest BCUT2D eigenvalue weighted by atomic mass is 16.5. The molecule has 0 aliphatic rings. The fourth-order valence-electron chi connectivity index (χ4n) is 2.44. The third kappa shape index (κ3) is 2.89. The summed E-state index contributed by atoms with van der Waals surface area (Å²) < 4.78 is 8.16. The van der Waals surface area contributed by atoms with Gasteiger partial charge in [0.1, 0.15) is 6.54 Å². The maximum absolute atomic E-state index is 12.4. The first-order chi connectivity index (χ1) is 9.97. The summed E-state index contributed by atoms with van der Waals surface area (Å²) in [5, 5.41) is 3.99. The van der Waals surface area contributed by atoms with Crippen LogP contribution in [0.2, 0.25) is 0 Å². The Morgan fingerprint density at radius 2 is 2.05 bits per heavy atom. The lowest BCUT2D eigenvalue weighted by Crippen LogP contribution is -2.26. The number of ketones is 1. The molecule has 21 heavy (non-hydrogen) atoms. The highest BCUT2D eigenvalue weighted by Crippen LogP contribution is 2.16. The largest absolute Gasteiger partial charge is 0.480 e. The average molecular weight is 289 g/mol. The summed E-state index contributed by atoms with van der Waals surface area (Å²) in [6.45, 7) is 6.61. The van der Waals surface area contributed by atoms with Crippen LogP contribution in [0, 0.1) is 13.8 Å². The second-order valence-electron chi connectivity index (χ2n) is 4.82. The summed E-state index contributed by atoms with van der Waals surface area (Å²) in [6, 6.07) is 4.67. The van der Waals surface area contributed by atoms with E-state index in [1.165, 1.54) is 19.2 Å². The second-order valence-corrected chi connectivity index (χ2v) is 4.82. The number of methoxy groups -OCH3 is 1. The van der Waals surface area contributed by atoms with E-state index >= 15 is 0 Å². The molecule has 0 fully saturated rings. The van der Waals surface area contributed by atoms with Gasteiger partial charge in [0.25, 0.3) is 5.56 Å². The van der Waals surface area contributed by atoms with Gasteiger partial charge in [-0.15, -0.1) is 5.10 Å². The van der Waals surface area contributed by atoms with Crippen molar-refractivity contribution in [2.45, 2.75) is 33.9 Å². The summed E-state index contributed by atoms with van der Waals surface area (Å²) in [4.78, 5) is 24.2. The zero-order valence-corrected chi connectivity index (χ0v) is 12.7. The van der Waals surface area contributed by atoms with Gasteiger partial charge in [0.05, 0.1) is 7.11 Å². The minimum absolute atomic E-state index is 0.0932. The van der Waals surface area contributed by atoms with Gasteiger partial charge in [-0.2, -0.15) is 0 Å². The van der Waals surface area contributed by atoms with Crippen LogP contribution in [0.25, 0.3) is 0 Å². The van der Waals surface area contributed by atoms with Crippen LogP contribution in [0.4, 0.5) is 0 Å². The molecular weight excluding hydrogens is 270 g/mol.